The van der Waals surface area contributed by atoms with Crippen molar-refractivity contribution in [2.75, 3.05) is 0 Å². The lowest BCUT2D eigenvalue weighted by Crippen LogP contribution is -2.23. The molecular weight excluding hydrogens is 320 g/mol. The van der Waals surface area contributed by atoms with E-state index < -0.39 is 4.92 Å². The first-order chi connectivity index (χ1) is 11.2. The van der Waals surface area contributed by atoms with E-state index in [0.717, 1.165) is 0 Å². The molecule has 0 saturated heterocycles. The number of tetrazole rings is 1. The summed E-state index contributed by atoms with van der Waals surface area (Å²) in [7, 11) is 0. The van der Waals surface area contributed by atoms with Gasteiger partial charge in [-0.05, 0) is 21.9 Å². The van der Waals surface area contributed by atoms with Crippen molar-refractivity contribution >= 4 is 22.9 Å². The second-order valence-electron chi connectivity index (χ2n) is 4.46. The van der Waals surface area contributed by atoms with E-state index in [4.69, 9.17) is 0 Å². The number of nitro benzene ring substituents is 1. The van der Waals surface area contributed by atoms with Gasteiger partial charge in [0.25, 0.3) is 11.6 Å². The van der Waals surface area contributed by atoms with Crippen LogP contribution in [0.5, 0.6) is 0 Å². The van der Waals surface area contributed by atoms with Crippen LogP contribution in [0.25, 0.3) is 5.69 Å². The Morgan fingerprint density at radius 1 is 1.35 bits per heavy atom. The van der Waals surface area contributed by atoms with Crippen molar-refractivity contribution in [2.45, 2.75) is 6.54 Å². The SMILES string of the molecule is O=C(NCc1ccccc1[N+](=O)[O-])c1sccc1-n1cnnn1. The van der Waals surface area contributed by atoms with E-state index in [0.29, 0.717) is 16.1 Å². The average molecular weight is 330 g/mol. The zero-order chi connectivity index (χ0) is 16.2. The van der Waals surface area contributed by atoms with Gasteiger partial charge in [-0.15, -0.1) is 16.4 Å². The first-order valence-electron chi connectivity index (χ1n) is 6.48. The van der Waals surface area contributed by atoms with Gasteiger partial charge >= 0.3 is 0 Å². The number of nitrogens with zero attached hydrogens (tertiary/aromatic N) is 5. The highest BCUT2D eigenvalue weighted by atomic mass is 32.1. The Labute approximate surface area is 133 Å². The fourth-order valence-corrected chi connectivity index (χ4v) is 2.81. The Morgan fingerprint density at radius 3 is 2.91 bits per heavy atom. The maximum absolute atomic E-state index is 12.3. The first-order valence-corrected chi connectivity index (χ1v) is 7.36. The molecule has 9 nitrogen and oxygen atoms in total. The van der Waals surface area contributed by atoms with Gasteiger partial charge in [-0.25, -0.2) is 0 Å². The summed E-state index contributed by atoms with van der Waals surface area (Å²) in [4.78, 5) is 23.3. The fourth-order valence-electron chi connectivity index (χ4n) is 2.02. The minimum atomic E-state index is -0.473. The second kappa shape index (κ2) is 6.32. The molecule has 1 N–H and O–H groups in total. The molecule has 1 amide bonds. The van der Waals surface area contributed by atoms with Crippen LogP contribution in [0.3, 0.4) is 0 Å². The number of amides is 1. The van der Waals surface area contributed by atoms with Gasteiger partial charge in [0.1, 0.15) is 11.2 Å². The highest BCUT2D eigenvalue weighted by Gasteiger charge is 2.17. The Bertz CT molecular complexity index is 845. The molecule has 10 heteroatoms. The number of rotatable bonds is 5. The normalized spacial score (nSPS) is 10.4. The van der Waals surface area contributed by atoms with Gasteiger partial charge in [-0.2, -0.15) is 4.68 Å². The van der Waals surface area contributed by atoms with Gasteiger partial charge in [0.15, 0.2) is 0 Å². The summed E-state index contributed by atoms with van der Waals surface area (Å²) in [5.41, 5.74) is 0.964. The first kappa shape index (κ1) is 14.8. The summed E-state index contributed by atoms with van der Waals surface area (Å²) >= 11 is 1.24. The minimum Gasteiger partial charge on any atom is -0.347 e. The number of carbonyl (C=O) groups excluding carboxylic acids is 1. The average Bonchev–Trinajstić information content (AvgIpc) is 3.23. The van der Waals surface area contributed by atoms with E-state index in [2.05, 4.69) is 20.8 Å². The molecule has 3 aromatic rings. The predicted molar refractivity (Wildman–Crippen MR) is 81.3 cm³/mol. The standard InChI is InChI=1S/C13H10N6O3S/c20-13(12-11(5-6-23-12)18-8-15-16-17-18)14-7-9-3-1-2-4-10(9)19(21)22/h1-6,8H,7H2,(H,14,20). The summed E-state index contributed by atoms with van der Waals surface area (Å²) in [5, 5.41) is 26.2. The van der Waals surface area contributed by atoms with Crippen molar-refractivity contribution < 1.29 is 9.72 Å². The number of nitro groups is 1. The molecule has 0 saturated carbocycles. The zero-order valence-corrected chi connectivity index (χ0v) is 12.4. The Morgan fingerprint density at radius 2 is 2.17 bits per heavy atom. The lowest BCUT2D eigenvalue weighted by Gasteiger charge is -2.06. The molecule has 1 aromatic carbocycles. The number of para-hydroxylation sites is 1. The number of hydrogen-bond donors (Lipinski definition) is 1. The van der Waals surface area contributed by atoms with Crippen molar-refractivity contribution in [3.05, 3.63) is 62.6 Å². The minimum absolute atomic E-state index is 0.0281. The quantitative estimate of drug-likeness (QED) is 0.560. The van der Waals surface area contributed by atoms with Crippen LogP contribution in [0.4, 0.5) is 5.69 Å². The largest absolute Gasteiger partial charge is 0.347 e. The van der Waals surface area contributed by atoms with E-state index in [1.165, 1.54) is 28.4 Å². The van der Waals surface area contributed by atoms with Gasteiger partial charge in [0.2, 0.25) is 0 Å². The summed E-state index contributed by atoms with van der Waals surface area (Å²) in [5.74, 6) is -0.344. The van der Waals surface area contributed by atoms with Crippen LogP contribution in [0.1, 0.15) is 15.2 Å². The molecule has 0 radical (unpaired) electrons. The van der Waals surface area contributed by atoms with Crippen LogP contribution < -0.4 is 5.32 Å². The number of thiophene rings is 1. The molecule has 3 rings (SSSR count). The van der Waals surface area contributed by atoms with E-state index in [1.54, 1.807) is 29.6 Å². The van der Waals surface area contributed by atoms with Crippen LogP contribution >= 0.6 is 11.3 Å². The molecule has 0 aliphatic carbocycles. The highest BCUT2D eigenvalue weighted by Crippen LogP contribution is 2.21. The lowest BCUT2D eigenvalue weighted by atomic mass is 10.2. The summed E-state index contributed by atoms with van der Waals surface area (Å²) in [6.07, 6.45) is 1.39. The van der Waals surface area contributed by atoms with Crippen molar-refractivity contribution in [1.29, 1.82) is 0 Å². The van der Waals surface area contributed by atoms with Gasteiger partial charge in [0.05, 0.1) is 10.6 Å². The monoisotopic (exact) mass is 330 g/mol. The molecule has 0 fully saturated rings. The fraction of sp³-hybridized carbons (Fsp3) is 0.0769. The summed E-state index contributed by atoms with van der Waals surface area (Å²) < 4.78 is 1.39. The molecule has 2 heterocycles. The molecular formula is C13H10N6O3S. The molecule has 116 valence electrons. The number of hydrogen-bond acceptors (Lipinski definition) is 7. The molecule has 0 unspecified atom stereocenters. The van der Waals surface area contributed by atoms with Gasteiger partial charge in [0, 0.05) is 18.2 Å². The Hall–Kier alpha value is -3.14. The third-order valence-electron chi connectivity index (χ3n) is 3.07. The van der Waals surface area contributed by atoms with Crippen LogP contribution in [0, 0.1) is 10.1 Å². The van der Waals surface area contributed by atoms with E-state index in [1.807, 2.05) is 0 Å². The van der Waals surface area contributed by atoms with Crippen molar-refractivity contribution in [3.63, 3.8) is 0 Å². The highest BCUT2D eigenvalue weighted by molar-refractivity contribution is 7.12. The second-order valence-corrected chi connectivity index (χ2v) is 5.37. The summed E-state index contributed by atoms with van der Waals surface area (Å²) in [6.45, 7) is 0.0585. The third kappa shape index (κ3) is 3.06. The number of benzene rings is 1. The summed E-state index contributed by atoms with van der Waals surface area (Å²) in [6, 6.07) is 8.00. The van der Waals surface area contributed by atoms with Gasteiger partial charge < -0.3 is 5.32 Å². The maximum Gasteiger partial charge on any atom is 0.274 e. The van der Waals surface area contributed by atoms with Gasteiger partial charge in [-0.1, -0.05) is 18.2 Å². The molecule has 0 spiro atoms. The smallest absolute Gasteiger partial charge is 0.274 e. The van der Waals surface area contributed by atoms with Crippen molar-refractivity contribution in [2.24, 2.45) is 0 Å². The Kier molecular flexibility index (Phi) is 4.06. The molecule has 0 aliphatic heterocycles. The number of aromatic nitrogens is 4. The third-order valence-corrected chi connectivity index (χ3v) is 3.98. The number of nitrogens with one attached hydrogen (secondary N) is 1. The van der Waals surface area contributed by atoms with Crippen LogP contribution in [0.2, 0.25) is 0 Å². The molecule has 0 aliphatic rings. The molecule has 2 aromatic heterocycles. The van der Waals surface area contributed by atoms with Crippen LogP contribution in [-0.4, -0.2) is 31.0 Å². The number of carbonyl (C=O) groups is 1. The predicted octanol–water partition coefficient (Wildman–Crippen LogP) is 1.56. The van der Waals surface area contributed by atoms with E-state index >= 15 is 0 Å². The van der Waals surface area contributed by atoms with Crippen molar-refractivity contribution in [1.82, 2.24) is 25.5 Å². The van der Waals surface area contributed by atoms with E-state index in [-0.39, 0.29) is 18.1 Å². The van der Waals surface area contributed by atoms with E-state index in [9.17, 15) is 14.9 Å². The maximum atomic E-state index is 12.3. The Balaban J connectivity index is 1.77. The lowest BCUT2D eigenvalue weighted by molar-refractivity contribution is -0.385. The topological polar surface area (TPSA) is 116 Å². The van der Waals surface area contributed by atoms with Crippen LogP contribution in [0.15, 0.2) is 42.0 Å². The molecule has 0 bridgehead atoms. The molecule has 23 heavy (non-hydrogen) atoms. The zero-order valence-electron chi connectivity index (χ0n) is 11.6. The van der Waals surface area contributed by atoms with Crippen LogP contribution in [-0.2, 0) is 6.54 Å². The van der Waals surface area contributed by atoms with Gasteiger partial charge in [-0.3, -0.25) is 14.9 Å². The molecule has 0 atom stereocenters. The van der Waals surface area contributed by atoms with Crippen molar-refractivity contribution in [3.8, 4) is 5.69 Å².